The van der Waals surface area contributed by atoms with Crippen LogP contribution in [0.1, 0.15) is 53.4 Å². The van der Waals surface area contributed by atoms with Crippen LogP contribution in [0.5, 0.6) is 0 Å². The van der Waals surface area contributed by atoms with Gasteiger partial charge in [-0.1, -0.05) is 12.8 Å². The molecule has 1 unspecified atom stereocenters. The lowest BCUT2D eigenvalue weighted by molar-refractivity contribution is 0.0511. The Hall–Kier alpha value is -1.07. The number of nitrogens with two attached hydrogens (primary N) is 1. The molecule has 2 aliphatic rings. The summed E-state index contributed by atoms with van der Waals surface area (Å²) in [4.78, 5) is 13.4. The Balaban J connectivity index is 1.86. The molecule has 2 N–H and O–H groups in total. The maximum absolute atomic E-state index is 12.2. The van der Waals surface area contributed by atoms with Crippen molar-refractivity contribution in [2.24, 2.45) is 11.3 Å². The summed E-state index contributed by atoms with van der Waals surface area (Å²) in [6.07, 6.45) is 6.94. The standard InChI is InChI=1S/C17H25NO3S/c1-3-21-16(19)14-12-6-7-17(10-20-2,8-11-4-5-11)9-13(12)22-15(14)18/h11H,3-10,18H2,1-2H3. The third-order valence-corrected chi connectivity index (χ3v) is 5.97. The van der Waals surface area contributed by atoms with Gasteiger partial charge in [-0.3, -0.25) is 0 Å². The van der Waals surface area contributed by atoms with Crippen LogP contribution < -0.4 is 5.73 Å². The molecular weight excluding hydrogens is 298 g/mol. The van der Waals surface area contributed by atoms with E-state index in [4.69, 9.17) is 15.2 Å². The largest absolute Gasteiger partial charge is 0.462 e. The van der Waals surface area contributed by atoms with Crippen molar-refractivity contribution >= 4 is 22.3 Å². The molecule has 1 atom stereocenters. The zero-order valence-electron chi connectivity index (χ0n) is 13.4. The number of thiophene rings is 1. The number of rotatable bonds is 6. The Kier molecular flexibility index (Phi) is 4.46. The lowest BCUT2D eigenvalue weighted by atomic mass is 9.71. The van der Waals surface area contributed by atoms with Gasteiger partial charge in [-0.2, -0.15) is 0 Å². The van der Waals surface area contributed by atoms with Crippen LogP contribution in [0.2, 0.25) is 0 Å². The fourth-order valence-electron chi connectivity index (χ4n) is 3.78. The first-order valence-electron chi connectivity index (χ1n) is 8.14. The monoisotopic (exact) mass is 323 g/mol. The predicted molar refractivity (Wildman–Crippen MR) is 88.4 cm³/mol. The lowest BCUT2D eigenvalue weighted by Crippen LogP contribution is -2.33. The first-order chi connectivity index (χ1) is 10.6. The van der Waals surface area contributed by atoms with Gasteiger partial charge in [0.2, 0.25) is 0 Å². The van der Waals surface area contributed by atoms with E-state index in [0.717, 1.165) is 37.4 Å². The van der Waals surface area contributed by atoms with Crippen LogP contribution in [0, 0.1) is 11.3 Å². The summed E-state index contributed by atoms with van der Waals surface area (Å²) in [5, 5.41) is 0.614. The Morgan fingerprint density at radius 3 is 2.86 bits per heavy atom. The number of methoxy groups -OCH3 is 1. The van der Waals surface area contributed by atoms with Gasteiger partial charge in [-0.05, 0) is 49.5 Å². The van der Waals surface area contributed by atoms with Crippen molar-refractivity contribution in [1.29, 1.82) is 0 Å². The van der Waals surface area contributed by atoms with E-state index in [2.05, 4.69) is 0 Å². The maximum Gasteiger partial charge on any atom is 0.341 e. The Morgan fingerprint density at radius 2 is 2.23 bits per heavy atom. The van der Waals surface area contributed by atoms with Gasteiger partial charge >= 0.3 is 5.97 Å². The van der Waals surface area contributed by atoms with Gasteiger partial charge in [0.1, 0.15) is 5.00 Å². The number of carbonyl (C=O) groups is 1. The molecule has 3 rings (SSSR count). The van der Waals surface area contributed by atoms with E-state index in [-0.39, 0.29) is 11.4 Å². The van der Waals surface area contributed by atoms with E-state index in [0.29, 0.717) is 17.2 Å². The van der Waals surface area contributed by atoms with Crippen molar-refractivity contribution in [1.82, 2.24) is 0 Å². The number of hydrogen-bond acceptors (Lipinski definition) is 5. The highest BCUT2D eigenvalue weighted by Crippen LogP contribution is 2.49. The maximum atomic E-state index is 12.2. The molecule has 1 aromatic heterocycles. The molecule has 4 nitrogen and oxygen atoms in total. The normalized spacial score (nSPS) is 24.1. The number of nitrogen functional groups attached to an aromatic ring is 1. The summed E-state index contributed by atoms with van der Waals surface area (Å²) in [5.41, 5.74) is 8.10. The molecule has 0 amide bonds. The molecule has 1 saturated carbocycles. The van der Waals surface area contributed by atoms with E-state index in [9.17, 15) is 4.79 Å². The molecule has 0 spiro atoms. The molecule has 0 aromatic carbocycles. The average molecular weight is 323 g/mol. The van der Waals surface area contributed by atoms with Gasteiger partial charge in [0.05, 0.1) is 18.8 Å². The molecular formula is C17H25NO3S. The second kappa shape index (κ2) is 6.20. The van der Waals surface area contributed by atoms with Crippen molar-refractivity contribution in [3.05, 3.63) is 16.0 Å². The number of ether oxygens (including phenoxy) is 2. The molecule has 0 saturated heterocycles. The predicted octanol–water partition coefficient (Wildman–Crippen LogP) is 3.43. The number of fused-ring (bicyclic) bond motifs is 1. The molecule has 1 aromatic rings. The summed E-state index contributed by atoms with van der Waals surface area (Å²) in [5.74, 6) is 0.609. The Morgan fingerprint density at radius 1 is 1.45 bits per heavy atom. The van der Waals surface area contributed by atoms with Gasteiger partial charge in [-0.15, -0.1) is 11.3 Å². The van der Waals surface area contributed by atoms with Crippen molar-refractivity contribution < 1.29 is 14.3 Å². The minimum Gasteiger partial charge on any atom is -0.462 e. The van der Waals surface area contributed by atoms with Crippen molar-refractivity contribution in [2.75, 3.05) is 26.1 Å². The van der Waals surface area contributed by atoms with Gasteiger partial charge in [0.25, 0.3) is 0 Å². The minimum absolute atomic E-state index is 0.228. The molecule has 0 aliphatic heterocycles. The number of carbonyl (C=O) groups excluding carboxylic acids is 1. The second-order valence-electron chi connectivity index (χ2n) is 6.72. The summed E-state index contributed by atoms with van der Waals surface area (Å²) in [6.45, 7) is 3.01. The second-order valence-corrected chi connectivity index (χ2v) is 7.86. The molecule has 1 heterocycles. The molecule has 0 radical (unpaired) electrons. The summed E-state index contributed by atoms with van der Waals surface area (Å²) in [6, 6.07) is 0. The fourth-order valence-corrected chi connectivity index (χ4v) is 5.06. The smallest absolute Gasteiger partial charge is 0.341 e. The summed E-state index contributed by atoms with van der Waals surface area (Å²) in [7, 11) is 1.79. The summed E-state index contributed by atoms with van der Waals surface area (Å²) >= 11 is 1.57. The third kappa shape index (κ3) is 3.01. The zero-order valence-corrected chi connectivity index (χ0v) is 14.3. The average Bonchev–Trinajstić information content (AvgIpc) is 3.19. The van der Waals surface area contributed by atoms with Gasteiger partial charge in [-0.25, -0.2) is 4.79 Å². The van der Waals surface area contributed by atoms with Crippen LogP contribution in [0.4, 0.5) is 5.00 Å². The van der Waals surface area contributed by atoms with E-state index < -0.39 is 0 Å². The van der Waals surface area contributed by atoms with Gasteiger partial charge in [0.15, 0.2) is 0 Å². The van der Waals surface area contributed by atoms with Crippen LogP contribution in [0.15, 0.2) is 0 Å². The molecule has 0 bridgehead atoms. The first-order valence-corrected chi connectivity index (χ1v) is 8.96. The van der Waals surface area contributed by atoms with Crippen molar-refractivity contribution in [2.45, 2.75) is 45.4 Å². The van der Waals surface area contributed by atoms with E-state index >= 15 is 0 Å². The molecule has 2 aliphatic carbocycles. The van der Waals surface area contributed by atoms with Crippen LogP contribution in [0.25, 0.3) is 0 Å². The highest BCUT2D eigenvalue weighted by molar-refractivity contribution is 7.16. The van der Waals surface area contributed by atoms with E-state index in [1.165, 1.54) is 24.1 Å². The zero-order chi connectivity index (χ0) is 15.7. The Labute approximate surface area is 136 Å². The highest BCUT2D eigenvalue weighted by atomic mass is 32.1. The van der Waals surface area contributed by atoms with Crippen molar-refractivity contribution in [3.8, 4) is 0 Å². The van der Waals surface area contributed by atoms with Crippen molar-refractivity contribution in [3.63, 3.8) is 0 Å². The molecule has 1 fully saturated rings. The highest BCUT2D eigenvalue weighted by Gasteiger charge is 2.41. The van der Waals surface area contributed by atoms with Crippen LogP contribution in [-0.2, 0) is 22.3 Å². The number of hydrogen-bond donors (Lipinski definition) is 1. The molecule has 122 valence electrons. The van der Waals surface area contributed by atoms with Gasteiger partial charge in [0, 0.05) is 12.0 Å². The lowest BCUT2D eigenvalue weighted by Gasteiger charge is -2.37. The third-order valence-electron chi connectivity index (χ3n) is 4.91. The van der Waals surface area contributed by atoms with E-state index in [1.54, 1.807) is 18.4 Å². The topological polar surface area (TPSA) is 61.5 Å². The fraction of sp³-hybridized carbons (Fsp3) is 0.706. The van der Waals surface area contributed by atoms with Crippen LogP contribution in [-0.4, -0.2) is 26.3 Å². The molecule has 22 heavy (non-hydrogen) atoms. The van der Waals surface area contributed by atoms with Gasteiger partial charge < -0.3 is 15.2 Å². The number of anilines is 1. The minimum atomic E-state index is -0.265. The molecule has 5 heteroatoms. The summed E-state index contributed by atoms with van der Waals surface area (Å²) < 4.78 is 10.7. The first kappa shape index (κ1) is 15.8. The SMILES string of the molecule is CCOC(=O)c1c(N)sc2c1CCC(COC)(CC1CC1)C2. The number of esters is 1. The quantitative estimate of drug-likeness (QED) is 0.815. The Bertz CT molecular complexity index is 564. The van der Waals surface area contributed by atoms with Crippen LogP contribution >= 0.6 is 11.3 Å². The van der Waals surface area contributed by atoms with Crippen LogP contribution in [0.3, 0.4) is 0 Å². The van der Waals surface area contributed by atoms with E-state index in [1.807, 2.05) is 6.92 Å².